The molecule has 17 heavy (non-hydrogen) atoms. The second-order valence-corrected chi connectivity index (χ2v) is 4.93. The van der Waals surface area contributed by atoms with E-state index in [4.69, 9.17) is 5.73 Å². The summed E-state index contributed by atoms with van der Waals surface area (Å²) in [6, 6.07) is 4.89. The summed E-state index contributed by atoms with van der Waals surface area (Å²) in [5, 5.41) is 0. The van der Waals surface area contributed by atoms with Crippen molar-refractivity contribution in [3.63, 3.8) is 0 Å². The Hall–Kier alpha value is -1.09. The van der Waals surface area contributed by atoms with Crippen LogP contribution in [0, 0.1) is 6.92 Å². The topological polar surface area (TPSA) is 42.1 Å². The molecule has 1 aromatic rings. The molecule has 3 nitrogen and oxygen atoms in total. The lowest BCUT2D eigenvalue weighted by atomic mass is 10.00. The molecule has 0 spiro atoms. The zero-order valence-electron chi connectivity index (χ0n) is 10.9. The van der Waals surface area contributed by atoms with Crippen LogP contribution in [0.1, 0.15) is 43.9 Å². The van der Waals surface area contributed by atoms with E-state index in [-0.39, 0.29) is 0 Å². The van der Waals surface area contributed by atoms with E-state index >= 15 is 0 Å². The molecule has 0 aromatic carbocycles. The van der Waals surface area contributed by atoms with Crippen molar-refractivity contribution in [3.8, 4) is 0 Å². The van der Waals surface area contributed by atoms with Crippen LogP contribution in [0.4, 0.5) is 5.82 Å². The van der Waals surface area contributed by atoms with Gasteiger partial charge in [0.25, 0.3) is 0 Å². The van der Waals surface area contributed by atoms with Crippen LogP contribution in [0.5, 0.6) is 0 Å². The third-order valence-electron chi connectivity index (χ3n) is 3.63. The zero-order chi connectivity index (χ0) is 12.3. The minimum atomic E-state index is 0.598. The molecule has 1 aliphatic heterocycles. The van der Waals surface area contributed by atoms with Crippen LogP contribution in [-0.4, -0.2) is 17.6 Å². The Morgan fingerprint density at radius 3 is 2.94 bits per heavy atom. The fourth-order valence-corrected chi connectivity index (χ4v) is 2.71. The van der Waals surface area contributed by atoms with Crippen molar-refractivity contribution in [2.75, 3.05) is 11.4 Å². The predicted molar refractivity (Wildman–Crippen MR) is 72.1 cm³/mol. The van der Waals surface area contributed by atoms with Crippen LogP contribution < -0.4 is 10.6 Å². The third-order valence-corrected chi connectivity index (χ3v) is 3.63. The molecule has 0 aliphatic carbocycles. The Morgan fingerprint density at radius 2 is 2.24 bits per heavy atom. The number of rotatable bonds is 3. The van der Waals surface area contributed by atoms with Crippen LogP contribution in [0.25, 0.3) is 0 Å². The Balaban J connectivity index is 2.27. The maximum Gasteiger partial charge on any atom is 0.129 e. The number of aromatic nitrogens is 1. The van der Waals surface area contributed by atoms with Crippen molar-refractivity contribution >= 4 is 5.82 Å². The molecule has 0 bridgehead atoms. The normalized spacial score (nSPS) is 20.6. The Bertz CT molecular complexity index is 376. The number of anilines is 1. The summed E-state index contributed by atoms with van der Waals surface area (Å²) >= 11 is 0. The van der Waals surface area contributed by atoms with E-state index < -0.39 is 0 Å². The number of nitrogens with two attached hydrogens (primary N) is 1. The quantitative estimate of drug-likeness (QED) is 0.872. The van der Waals surface area contributed by atoms with Gasteiger partial charge in [-0.3, -0.25) is 0 Å². The summed E-state index contributed by atoms with van der Waals surface area (Å²) in [4.78, 5) is 7.14. The van der Waals surface area contributed by atoms with Crippen LogP contribution in [0.3, 0.4) is 0 Å². The van der Waals surface area contributed by atoms with E-state index in [0.29, 0.717) is 12.6 Å². The molecule has 1 fully saturated rings. The zero-order valence-corrected chi connectivity index (χ0v) is 10.9. The maximum absolute atomic E-state index is 5.74. The number of aryl methyl sites for hydroxylation is 1. The molecule has 1 saturated heterocycles. The number of piperidine rings is 1. The molecular formula is C14H23N3. The third kappa shape index (κ3) is 2.78. The molecule has 0 saturated carbocycles. The van der Waals surface area contributed by atoms with Crippen molar-refractivity contribution < 1.29 is 0 Å². The first-order chi connectivity index (χ1) is 8.24. The Labute approximate surface area is 104 Å². The summed E-state index contributed by atoms with van der Waals surface area (Å²) in [7, 11) is 0. The first-order valence-electron chi connectivity index (χ1n) is 6.69. The minimum absolute atomic E-state index is 0.598. The monoisotopic (exact) mass is 233 g/mol. The van der Waals surface area contributed by atoms with E-state index in [0.717, 1.165) is 18.1 Å². The van der Waals surface area contributed by atoms with Crippen LogP contribution in [-0.2, 0) is 6.54 Å². The number of hydrogen-bond donors (Lipinski definition) is 1. The first kappa shape index (κ1) is 12.4. The maximum atomic E-state index is 5.74. The lowest BCUT2D eigenvalue weighted by Gasteiger charge is -2.36. The molecule has 2 heterocycles. The van der Waals surface area contributed by atoms with Gasteiger partial charge in [0.05, 0.1) is 0 Å². The second kappa shape index (κ2) is 5.50. The fourth-order valence-electron chi connectivity index (χ4n) is 2.71. The SMILES string of the molecule is CCC1CCCCN1c1cc(CN)cc(C)n1. The largest absolute Gasteiger partial charge is 0.354 e. The lowest BCUT2D eigenvalue weighted by Crippen LogP contribution is -2.39. The first-order valence-corrected chi connectivity index (χ1v) is 6.69. The standard InChI is InChI=1S/C14H23N3/c1-3-13-6-4-5-7-17(13)14-9-12(10-15)8-11(2)16-14/h8-9,13H,3-7,10,15H2,1-2H3. The fraction of sp³-hybridized carbons (Fsp3) is 0.643. The molecule has 3 heteroatoms. The van der Waals surface area contributed by atoms with Gasteiger partial charge in [-0.05, 0) is 50.3 Å². The van der Waals surface area contributed by atoms with E-state index in [1.807, 2.05) is 6.92 Å². The highest BCUT2D eigenvalue weighted by molar-refractivity contribution is 5.44. The smallest absolute Gasteiger partial charge is 0.129 e. The molecule has 1 aliphatic rings. The van der Waals surface area contributed by atoms with Crippen LogP contribution in [0.15, 0.2) is 12.1 Å². The molecule has 1 unspecified atom stereocenters. The highest BCUT2D eigenvalue weighted by atomic mass is 15.2. The van der Waals surface area contributed by atoms with Gasteiger partial charge < -0.3 is 10.6 Å². The number of pyridine rings is 1. The van der Waals surface area contributed by atoms with Gasteiger partial charge >= 0.3 is 0 Å². The highest BCUT2D eigenvalue weighted by Gasteiger charge is 2.22. The van der Waals surface area contributed by atoms with Gasteiger partial charge in [0.15, 0.2) is 0 Å². The van der Waals surface area contributed by atoms with Crippen LogP contribution in [0.2, 0.25) is 0 Å². The van der Waals surface area contributed by atoms with E-state index in [2.05, 4.69) is 28.9 Å². The summed E-state index contributed by atoms with van der Waals surface area (Å²) in [5.41, 5.74) is 8.00. The minimum Gasteiger partial charge on any atom is -0.354 e. The van der Waals surface area contributed by atoms with E-state index in [1.54, 1.807) is 0 Å². The average molecular weight is 233 g/mol. The highest BCUT2D eigenvalue weighted by Crippen LogP contribution is 2.25. The van der Waals surface area contributed by atoms with E-state index in [1.165, 1.54) is 31.2 Å². The molecule has 1 aromatic heterocycles. The molecule has 2 rings (SSSR count). The van der Waals surface area contributed by atoms with Crippen molar-refractivity contribution in [1.82, 2.24) is 4.98 Å². The van der Waals surface area contributed by atoms with Gasteiger partial charge in [-0.1, -0.05) is 6.92 Å². The van der Waals surface area contributed by atoms with Gasteiger partial charge in [0.1, 0.15) is 5.82 Å². The van der Waals surface area contributed by atoms with Gasteiger partial charge in [0, 0.05) is 24.8 Å². The predicted octanol–water partition coefficient (Wildman–Crippen LogP) is 2.62. The van der Waals surface area contributed by atoms with Crippen molar-refractivity contribution in [1.29, 1.82) is 0 Å². The summed E-state index contributed by atoms with van der Waals surface area (Å²) in [5.74, 6) is 1.12. The second-order valence-electron chi connectivity index (χ2n) is 4.93. The van der Waals surface area contributed by atoms with Crippen molar-refractivity contribution in [2.45, 2.75) is 52.1 Å². The number of hydrogen-bond acceptors (Lipinski definition) is 3. The van der Waals surface area contributed by atoms with Crippen LogP contribution >= 0.6 is 0 Å². The molecule has 94 valence electrons. The van der Waals surface area contributed by atoms with E-state index in [9.17, 15) is 0 Å². The molecule has 0 radical (unpaired) electrons. The van der Waals surface area contributed by atoms with Gasteiger partial charge in [0.2, 0.25) is 0 Å². The Kier molecular flexibility index (Phi) is 4.00. The molecule has 2 N–H and O–H groups in total. The molecule has 1 atom stereocenters. The lowest BCUT2D eigenvalue weighted by molar-refractivity contribution is 0.446. The average Bonchev–Trinajstić information content (AvgIpc) is 2.37. The summed E-state index contributed by atoms with van der Waals surface area (Å²) in [6.07, 6.45) is 5.13. The molecular weight excluding hydrogens is 210 g/mol. The van der Waals surface area contributed by atoms with Gasteiger partial charge in [-0.2, -0.15) is 0 Å². The number of nitrogens with zero attached hydrogens (tertiary/aromatic N) is 2. The van der Waals surface area contributed by atoms with Gasteiger partial charge in [-0.25, -0.2) is 4.98 Å². The summed E-state index contributed by atoms with van der Waals surface area (Å²) in [6.45, 7) is 6.05. The van der Waals surface area contributed by atoms with Crippen molar-refractivity contribution in [3.05, 3.63) is 23.4 Å². The van der Waals surface area contributed by atoms with Gasteiger partial charge in [-0.15, -0.1) is 0 Å². The van der Waals surface area contributed by atoms with Crippen molar-refractivity contribution in [2.24, 2.45) is 5.73 Å². The molecule has 0 amide bonds. The Morgan fingerprint density at radius 1 is 1.41 bits per heavy atom. The summed E-state index contributed by atoms with van der Waals surface area (Å²) < 4.78 is 0.